The summed E-state index contributed by atoms with van der Waals surface area (Å²) in [5.41, 5.74) is 2.35. The molecule has 0 unspecified atom stereocenters. The Kier molecular flexibility index (Phi) is 2.90. The first-order chi connectivity index (χ1) is 7.31. The molecule has 0 aliphatic heterocycles. The molecule has 79 valence electrons. The number of carbonyl (C=O) groups excluding carboxylic acids is 1. The average Bonchev–Trinajstić information content (AvgIpc) is 2.62. The number of hydrogen-bond acceptors (Lipinski definition) is 3. The Bertz CT molecular complexity index is 360. The summed E-state index contributed by atoms with van der Waals surface area (Å²) in [6, 6.07) is 8.00. The highest BCUT2D eigenvalue weighted by atomic mass is 16.7. The van der Waals surface area contributed by atoms with Crippen LogP contribution in [0.15, 0.2) is 24.3 Å². The van der Waals surface area contributed by atoms with E-state index in [1.54, 1.807) is 0 Å². The fourth-order valence-corrected chi connectivity index (χ4v) is 1.87. The largest absolute Gasteiger partial charge is 0.508 e. The molecule has 1 aromatic carbocycles. The van der Waals surface area contributed by atoms with Crippen LogP contribution in [0.5, 0.6) is 0 Å². The van der Waals surface area contributed by atoms with Gasteiger partial charge in [-0.1, -0.05) is 24.3 Å². The lowest BCUT2D eigenvalue weighted by molar-refractivity contribution is 0.0292. The number of hydrogen-bond donors (Lipinski definition) is 0. The molecule has 0 bridgehead atoms. The van der Waals surface area contributed by atoms with Crippen LogP contribution in [0.3, 0.4) is 0 Å². The van der Waals surface area contributed by atoms with Crippen LogP contribution in [0.25, 0.3) is 0 Å². The molecule has 1 aliphatic rings. The minimum atomic E-state index is -0.633. The predicted octanol–water partition coefficient (Wildman–Crippen LogP) is 2.66. The minimum absolute atomic E-state index is 0.104. The summed E-state index contributed by atoms with van der Waals surface area (Å²) in [5, 5.41) is 0. The van der Waals surface area contributed by atoms with Gasteiger partial charge in [0.2, 0.25) is 0 Å². The van der Waals surface area contributed by atoms with Crippen LogP contribution in [0.1, 0.15) is 23.7 Å². The highest BCUT2D eigenvalue weighted by molar-refractivity contribution is 5.60. The number of benzene rings is 1. The van der Waals surface area contributed by atoms with Gasteiger partial charge in [0.25, 0.3) is 0 Å². The van der Waals surface area contributed by atoms with Gasteiger partial charge in [-0.2, -0.15) is 0 Å². The summed E-state index contributed by atoms with van der Waals surface area (Å²) in [6.45, 7) is 3.53. The molecular weight excluding hydrogens is 192 g/mol. The van der Waals surface area contributed by atoms with Crippen molar-refractivity contribution in [3.05, 3.63) is 42.3 Å². The molecule has 3 nitrogen and oxygen atoms in total. The topological polar surface area (TPSA) is 35.5 Å². The van der Waals surface area contributed by atoms with Crippen LogP contribution in [-0.4, -0.2) is 12.8 Å². The zero-order chi connectivity index (χ0) is 10.7. The maximum Gasteiger partial charge on any atom is 0.508 e. The molecule has 0 N–H and O–H groups in total. The van der Waals surface area contributed by atoms with Crippen molar-refractivity contribution in [3.63, 3.8) is 0 Å². The zero-order valence-electron chi connectivity index (χ0n) is 8.44. The summed E-state index contributed by atoms with van der Waals surface area (Å²) < 4.78 is 9.82. The second kappa shape index (κ2) is 4.34. The first kappa shape index (κ1) is 10.0. The Morgan fingerprint density at radius 1 is 1.47 bits per heavy atom. The molecule has 0 saturated heterocycles. The highest BCUT2D eigenvalue weighted by Crippen LogP contribution is 2.33. The maximum absolute atomic E-state index is 11.1. The average molecular weight is 205 g/mol. The van der Waals surface area contributed by atoms with Crippen LogP contribution >= 0.6 is 0 Å². The third-order valence-electron chi connectivity index (χ3n) is 2.54. The van der Waals surface area contributed by atoms with Crippen molar-refractivity contribution in [2.24, 2.45) is 0 Å². The molecule has 1 aromatic rings. The Morgan fingerprint density at radius 2 is 2.27 bits per heavy atom. The van der Waals surface area contributed by atoms with Gasteiger partial charge in [0.1, 0.15) is 6.10 Å². The van der Waals surface area contributed by atoms with Crippen LogP contribution in [0.4, 0.5) is 4.79 Å². The van der Waals surface area contributed by atoms with Crippen LogP contribution in [-0.2, 0) is 15.9 Å². The molecule has 1 radical (unpaired) electrons. The number of aryl methyl sites for hydroxylation is 1. The lowest BCUT2D eigenvalue weighted by Gasteiger charge is -2.12. The van der Waals surface area contributed by atoms with Gasteiger partial charge in [0.15, 0.2) is 0 Å². The Balaban J connectivity index is 2.04. The molecule has 0 spiro atoms. The molecule has 3 heteroatoms. The third kappa shape index (κ3) is 2.12. The van der Waals surface area contributed by atoms with Crippen molar-refractivity contribution in [2.45, 2.75) is 18.9 Å². The Morgan fingerprint density at radius 3 is 3.07 bits per heavy atom. The van der Waals surface area contributed by atoms with E-state index in [9.17, 15) is 4.79 Å². The molecular formula is C12H13O3. The first-order valence-corrected chi connectivity index (χ1v) is 5.01. The van der Waals surface area contributed by atoms with Crippen LogP contribution in [0.2, 0.25) is 0 Å². The van der Waals surface area contributed by atoms with Crippen molar-refractivity contribution in [2.75, 3.05) is 6.61 Å². The van der Waals surface area contributed by atoms with Crippen LogP contribution in [0, 0.1) is 6.92 Å². The predicted molar refractivity (Wildman–Crippen MR) is 55.3 cm³/mol. The second-order valence-corrected chi connectivity index (χ2v) is 3.44. The first-order valence-electron chi connectivity index (χ1n) is 5.01. The van der Waals surface area contributed by atoms with E-state index in [1.165, 1.54) is 5.56 Å². The summed E-state index contributed by atoms with van der Waals surface area (Å²) in [5.74, 6) is 0. The lowest BCUT2D eigenvalue weighted by Crippen LogP contribution is -2.10. The summed E-state index contributed by atoms with van der Waals surface area (Å²) in [7, 11) is 0. The zero-order valence-corrected chi connectivity index (χ0v) is 8.44. The van der Waals surface area contributed by atoms with Crippen molar-refractivity contribution in [1.82, 2.24) is 0 Å². The highest BCUT2D eigenvalue weighted by Gasteiger charge is 2.25. The van der Waals surface area contributed by atoms with Gasteiger partial charge >= 0.3 is 6.16 Å². The molecule has 0 saturated carbocycles. The van der Waals surface area contributed by atoms with Gasteiger partial charge in [-0.15, -0.1) is 0 Å². The molecule has 0 aromatic heterocycles. The number of fused-ring (bicyclic) bond motifs is 1. The molecule has 15 heavy (non-hydrogen) atoms. The minimum Gasteiger partial charge on any atom is -0.434 e. The molecule has 0 amide bonds. The summed E-state index contributed by atoms with van der Waals surface area (Å²) in [4.78, 5) is 11.1. The van der Waals surface area contributed by atoms with Gasteiger partial charge in [-0.05, 0) is 30.9 Å². The van der Waals surface area contributed by atoms with E-state index in [4.69, 9.17) is 4.74 Å². The molecule has 2 rings (SSSR count). The number of carbonyl (C=O) groups is 1. The number of rotatable bonds is 2. The van der Waals surface area contributed by atoms with Gasteiger partial charge in [-0.25, -0.2) is 4.79 Å². The van der Waals surface area contributed by atoms with Crippen molar-refractivity contribution in [3.8, 4) is 0 Å². The fraction of sp³-hybridized carbons (Fsp3) is 0.333. The summed E-state index contributed by atoms with van der Waals surface area (Å²) in [6.07, 6.45) is 1.01. The third-order valence-corrected chi connectivity index (χ3v) is 2.54. The molecule has 1 atom stereocenters. The SMILES string of the molecule is [CH2]COC(=O)O[C@H]1CCc2ccccc21. The van der Waals surface area contributed by atoms with E-state index < -0.39 is 6.16 Å². The van der Waals surface area contributed by atoms with Crippen LogP contribution < -0.4 is 0 Å². The second-order valence-electron chi connectivity index (χ2n) is 3.44. The van der Waals surface area contributed by atoms with Crippen molar-refractivity contribution in [1.29, 1.82) is 0 Å². The molecule has 0 fully saturated rings. The van der Waals surface area contributed by atoms with E-state index in [0.29, 0.717) is 0 Å². The molecule has 1 aliphatic carbocycles. The van der Waals surface area contributed by atoms with Gasteiger partial charge in [-0.3, -0.25) is 0 Å². The Labute approximate surface area is 89.0 Å². The smallest absolute Gasteiger partial charge is 0.434 e. The summed E-state index contributed by atoms with van der Waals surface area (Å²) >= 11 is 0. The standard InChI is InChI=1S/C12H13O3/c1-2-14-12(13)15-11-8-7-9-5-3-4-6-10(9)11/h3-6,11H,1-2,7-8H2/t11-/m0/s1. The maximum atomic E-state index is 11.1. The van der Waals surface area contributed by atoms with E-state index in [2.05, 4.69) is 17.7 Å². The van der Waals surface area contributed by atoms with Gasteiger partial charge < -0.3 is 9.47 Å². The number of ether oxygens (including phenoxy) is 2. The monoisotopic (exact) mass is 205 g/mol. The van der Waals surface area contributed by atoms with E-state index in [1.807, 2.05) is 18.2 Å². The van der Waals surface area contributed by atoms with Gasteiger partial charge in [0, 0.05) is 0 Å². The van der Waals surface area contributed by atoms with Crippen molar-refractivity contribution >= 4 is 6.16 Å². The lowest BCUT2D eigenvalue weighted by atomic mass is 10.1. The van der Waals surface area contributed by atoms with E-state index >= 15 is 0 Å². The Hall–Kier alpha value is -1.51. The van der Waals surface area contributed by atoms with Crippen molar-refractivity contribution < 1.29 is 14.3 Å². The molecule has 0 heterocycles. The van der Waals surface area contributed by atoms with E-state index in [-0.39, 0.29) is 12.7 Å². The normalized spacial score (nSPS) is 18.3. The fourth-order valence-electron chi connectivity index (χ4n) is 1.87. The van der Waals surface area contributed by atoms with Gasteiger partial charge in [0.05, 0.1) is 6.61 Å². The quantitative estimate of drug-likeness (QED) is 0.696. The van der Waals surface area contributed by atoms with E-state index in [0.717, 1.165) is 18.4 Å².